The Kier molecular flexibility index (Phi) is 8.33. The minimum Gasteiger partial charge on any atom is -0.484 e. The number of amides is 2. The molecule has 0 radical (unpaired) electrons. The maximum Gasteiger partial charge on any atom is 0.260 e. The summed E-state index contributed by atoms with van der Waals surface area (Å²) in [7, 11) is -3.72. The van der Waals surface area contributed by atoms with Gasteiger partial charge in [-0.2, -0.15) is 0 Å². The number of carbonyl (C=O) groups excluding carboxylic acids is 2. The molecule has 1 saturated heterocycles. The largest absolute Gasteiger partial charge is 0.484 e. The number of para-hydroxylation sites is 1. The van der Waals surface area contributed by atoms with Crippen molar-refractivity contribution < 1.29 is 22.7 Å². The zero-order chi connectivity index (χ0) is 24.8. The number of piperidine rings is 1. The van der Waals surface area contributed by atoms with Gasteiger partial charge in [-0.1, -0.05) is 36.4 Å². The molecule has 3 rings (SSSR count). The SMILES string of the molecule is CC(C)(C)NS(=O)(=O)c1ccccc1CNC(=O)C1CCN(C(=O)COc2ccccc2)CC1. The van der Waals surface area contributed by atoms with Crippen LogP contribution in [0.4, 0.5) is 0 Å². The Morgan fingerprint density at radius 1 is 1.00 bits per heavy atom. The topological polar surface area (TPSA) is 105 Å². The van der Waals surface area contributed by atoms with Crippen molar-refractivity contribution in [2.24, 2.45) is 5.92 Å². The highest BCUT2D eigenvalue weighted by molar-refractivity contribution is 7.89. The molecule has 0 aromatic heterocycles. The van der Waals surface area contributed by atoms with Crippen LogP contribution in [0.1, 0.15) is 39.2 Å². The number of sulfonamides is 1. The summed E-state index contributed by atoms with van der Waals surface area (Å²) in [6, 6.07) is 15.8. The third kappa shape index (κ3) is 7.30. The predicted molar refractivity (Wildman–Crippen MR) is 130 cm³/mol. The van der Waals surface area contributed by atoms with E-state index in [1.807, 2.05) is 18.2 Å². The Labute approximate surface area is 201 Å². The molecule has 2 aromatic carbocycles. The Morgan fingerprint density at radius 3 is 2.26 bits per heavy atom. The highest BCUT2D eigenvalue weighted by Crippen LogP contribution is 2.20. The highest BCUT2D eigenvalue weighted by Gasteiger charge is 2.28. The second-order valence-electron chi connectivity index (χ2n) is 9.44. The normalized spacial score (nSPS) is 15.1. The van der Waals surface area contributed by atoms with Crippen molar-refractivity contribution in [3.05, 3.63) is 60.2 Å². The number of ether oxygens (including phenoxy) is 1. The molecule has 0 spiro atoms. The van der Waals surface area contributed by atoms with E-state index < -0.39 is 15.6 Å². The number of carbonyl (C=O) groups is 2. The fourth-order valence-electron chi connectivity index (χ4n) is 3.84. The number of rotatable bonds is 8. The smallest absolute Gasteiger partial charge is 0.260 e. The molecule has 0 aliphatic carbocycles. The number of nitrogens with one attached hydrogen (secondary N) is 2. The molecule has 2 amide bonds. The molecule has 9 heteroatoms. The third-order valence-corrected chi connectivity index (χ3v) is 7.34. The first-order chi connectivity index (χ1) is 16.0. The Morgan fingerprint density at radius 2 is 1.62 bits per heavy atom. The minimum atomic E-state index is -3.72. The number of benzene rings is 2. The van der Waals surface area contributed by atoms with Gasteiger partial charge in [0, 0.05) is 31.1 Å². The summed E-state index contributed by atoms with van der Waals surface area (Å²) >= 11 is 0. The van der Waals surface area contributed by atoms with Crippen molar-refractivity contribution in [1.29, 1.82) is 0 Å². The van der Waals surface area contributed by atoms with E-state index in [0.29, 0.717) is 37.2 Å². The zero-order valence-electron chi connectivity index (χ0n) is 19.9. The number of likely N-dealkylation sites (tertiary alicyclic amines) is 1. The van der Waals surface area contributed by atoms with E-state index in [2.05, 4.69) is 10.0 Å². The molecule has 34 heavy (non-hydrogen) atoms. The molecule has 1 fully saturated rings. The molecule has 1 aliphatic rings. The average Bonchev–Trinajstić information content (AvgIpc) is 2.80. The molecule has 0 unspecified atom stereocenters. The van der Waals surface area contributed by atoms with Gasteiger partial charge in [0.25, 0.3) is 5.91 Å². The minimum absolute atomic E-state index is 0.0330. The molecule has 2 N–H and O–H groups in total. The molecular formula is C25H33N3O5S. The van der Waals surface area contributed by atoms with E-state index >= 15 is 0 Å². The molecule has 2 aromatic rings. The summed E-state index contributed by atoms with van der Waals surface area (Å²) in [6.07, 6.45) is 1.10. The van der Waals surface area contributed by atoms with Gasteiger partial charge in [0.1, 0.15) is 5.75 Å². The Bertz CT molecular complexity index is 1090. The summed E-state index contributed by atoms with van der Waals surface area (Å²) in [4.78, 5) is 27.0. The van der Waals surface area contributed by atoms with Gasteiger partial charge in [0.2, 0.25) is 15.9 Å². The van der Waals surface area contributed by atoms with Gasteiger partial charge in [-0.25, -0.2) is 13.1 Å². The van der Waals surface area contributed by atoms with Crippen molar-refractivity contribution in [3.63, 3.8) is 0 Å². The van der Waals surface area contributed by atoms with Gasteiger partial charge in [-0.05, 0) is 57.4 Å². The Hall–Kier alpha value is -2.91. The van der Waals surface area contributed by atoms with Crippen molar-refractivity contribution in [1.82, 2.24) is 14.9 Å². The third-order valence-electron chi connectivity index (χ3n) is 5.48. The van der Waals surface area contributed by atoms with E-state index in [1.54, 1.807) is 56.0 Å². The molecule has 184 valence electrons. The molecule has 0 saturated carbocycles. The average molecular weight is 488 g/mol. The van der Waals surface area contributed by atoms with Gasteiger partial charge in [-0.15, -0.1) is 0 Å². The van der Waals surface area contributed by atoms with Crippen LogP contribution in [-0.2, 0) is 26.2 Å². The first-order valence-electron chi connectivity index (χ1n) is 11.4. The number of hydrogen-bond acceptors (Lipinski definition) is 5. The monoisotopic (exact) mass is 487 g/mol. The first-order valence-corrected chi connectivity index (χ1v) is 12.9. The molecule has 1 aliphatic heterocycles. The molecule has 0 atom stereocenters. The van der Waals surface area contributed by atoms with Gasteiger partial charge in [0.05, 0.1) is 4.90 Å². The van der Waals surface area contributed by atoms with E-state index in [9.17, 15) is 18.0 Å². The quantitative estimate of drug-likeness (QED) is 0.596. The number of nitrogens with zero attached hydrogens (tertiary/aromatic N) is 1. The second kappa shape index (κ2) is 11.0. The molecule has 1 heterocycles. The van der Waals surface area contributed by atoms with Gasteiger partial charge < -0.3 is 15.0 Å². The summed E-state index contributed by atoms with van der Waals surface area (Å²) < 4.78 is 33.8. The lowest BCUT2D eigenvalue weighted by Crippen LogP contribution is -2.44. The van der Waals surface area contributed by atoms with Crippen LogP contribution >= 0.6 is 0 Å². The summed E-state index contributed by atoms with van der Waals surface area (Å²) in [5, 5.41) is 2.88. The van der Waals surface area contributed by atoms with E-state index in [0.717, 1.165) is 0 Å². The molecule has 8 nitrogen and oxygen atoms in total. The zero-order valence-corrected chi connectivity index (χ0v) is 20.7. The van der Waals surface area contributed by atoms with Gasteiger partial charge in [-0.3, -0.25) is 9.59 Å². The lowest BCUT2D eigenvalue weighted by Gasteiger charge is -2.31. The number of hydrogen-bond donors (Lipinski definition) is 2. The van der Waals surface area contributed by atoms with Crippen LogP contribution < -0.4 is 14.8 Å². The summed E-state index contributed by atoms with van der Waals surface area (Å²) in [5.74, 6) is 0.178. The van der Waals surface area contributed by atoms with Crippen molar-refractivity contribution in [2.45, 2.75) is 50.6 Å². The van der Waals surface area contributed by atoms with Crippen LogP contribution in [0.2, 0.25) is 0 Å². The molecule has 0 bridgehead atoms. The van der Waals surface area contributed by atoms with Crippen molar-refractivity contribution >= 4 is 21.8 Å². The fraction of sp³-hybridized carbons (Fsp3) is 0.440. The highest BCUT2D eigenvalue weighted by atomic mass is 32.2. The maximum atomic E-state index is 12.8. The lowest BCUT2D eigenvalue weighted by atomic mass is 9.96. The maximum absolute atomic E-state index is 12.8. The van der Waals surface area contributed by atoms with Crippen LogP contribution in [0.5, 0.6) is 5.75 Å². The van der Waals surface area contributed by atoms with E-state index in [1.165, 1.54) is 6.07 Å². The van der Waals surface area contributed by atoms with Crippen molar-refractivity contribution in [2.75, 3.05) is 19.7 Å². The first kappa shape index (κ1) is 25.7. The standard InChI is InChI=1S/C25H33N3O5S/c1-25(2,3)27-34(31,32)22-12-8-7-9-20(22)17-26-24(30)19-13-15-28(16-14-19)23(29)18-33-21-10-5-4-6-11-21/h4-12,19,27H,13-18H2,1-3H3,(H,26,30). The van der Waals surface area contributed by atoms with Crippen LogP contribution in [-0.4, -0.2) is 50.4 Å². The van der Waals surface area contributed by atoms with Crippen molar-refractivity contribution in [3.8, 4) is 5.75 Å². The predicted octanol–water partition coefficient (Wildman–Crippen LogP) is 2.70. The van der Waals surface area contributed by atoms with E-state index in [4.69, 9.17) is 4.74 Å². The van der Waals surface area contributed by atoms with Crippen LogP contribution in [0.15, 0.2) is 59.5 Å². The van der Waals surface area contributed by atoms with Crippen LogP contribution in [0.3, 0.4) is 0 Å². The Balaban J connectivity index is 1.50. The summed E-state index contributed by atoms with van der Waals surface area (Å²) in [6.45, 7) is 6.38. The second-order valence-corrected chi connectivity index (χ2v) is 11.1. The van der Waals surface area contributed by atoms with Gasteiger partial charge in [0.15, 0.2) is 6.61 Å². The lowest BCUT2D eigenvalue weighted by molar-refractivity contribution is -0.137. The van der Waals surface area contributed by atoms with Gasteiger partial charge >= 0.3 is 0 Å². The van der Waals surface area contributed by atoms with Crippen LogP contribution in [0, 0.1) is 5.92 Å². The summed E-state index contributed by atoms with van der Waals surface area (Å²) in [5.41, 5.74) is -0.0921. The van der Waals surface area contributed by atoms with Crippen LogP contribution in [0.25, 0.3) is 0 Å². The molecular weight excluding hydrogens is 454 g/mol. The van der Waals surface area contributed by atoms with E-state index in [-0.39, 0.29) is 35.8 Å². The fourth-order valence-corrected chi connectivity index (χ4v) is 5.50.